The number of halogens is 2. The van der Waals surface area contributed by atoms with Gasteiger partial charge in [-0.05, 0) is 37.0 Å². The van der Waals surface area contributed by atoms with Crippen molar-refractivity contribution in [3.63, 3.8) is 0 Å². The molecule has 1 atom stereocenters. The van der Waals surface area contributed by atoms with Crippen molar-refractivity contribution in [2.24, 2.45) is 5.92 Å². The number of ether oxygens (including phenoxy) is 2. The van der Waals surface area contributed by atoms with Crippen molar-refractivity contribution in [2.75, 3.05) is 13.7 Å². The largest absolute Gasteiger partial charge is 0.493 e. The van der Waals surface area contributed by atoms with Gasteiger partial charge in [0.15, 0.2) is 11.5 Å². The molecule has 1 aromatic rings. The Bertz CT molecular complexity index is 418. The zero-order valence-electron chi connectivity index (χ0n) is 10.7. The molecule has 2 nitrogen and oxygen atoms in total. The van der Waals surface area contributed by atoms with Crippen LogP contribution in [0, 0.1) is 12.8 Å². The highest BCUT2D eigenvalue weighted by molar-refractivity contribution is 5.42. The van der Waals surface area contributed by atoms with E-state index in [2.05, 4.69) is 0 Å². The van der Waals surface area contributed by atoms with Gasteiger partial charge in [-0.2, -0.15) is 0 Å². The molecular weight excluding hydrogens is 238 g/mol. The van der Waals surface area contributed by atoms with Crippen LogP contribution in [0.2, 0.25) is 0 Å². The molecule has 100 valence electrons. The van der Waals surface area contributed by atoms with E-state index in [1.807, 2.05) is 25.1 Å². The van der Waals surface area contributed by atoms with Crippen LogP contribution in [0.15, 0.2) is 18.2 Å². The van der Waals surface area contributed by atoms with Crippen molar-refractivity contribution in [3.05, 3.63) is 23.8 Å². The Labute approximate surface area is 106 Å². The lowest BCUT2D eigenvalue weighted by Crippen LogP contribution is -2.14. The number of methoxy groups -OCH3 is 1. The molecule has 0 radical (unpaired) electrons. The molecule has 0 heterocycles. The van der Waals surface area contributed by atoms with Gasteiger partial charge in [-0.15, -0.1) is 0 Å². The predicted octanol–water partition coefficient (Wildman–Crippen LogP) is 3.82. The van der Waals surface area contributed by atoms with Crippen LogP contribution in [0.4, 0.5) is 8.78 Å². The minimum Gasteiger partial charge on any atom is -0.493 e. The Kier molecular flexibility index (Phi) is 3.73. The van der Waals surface area contributed by atoms with Crippen LogP contribution >= 0.6 is 0 Å². The molecule has 1 aliphatic carbocycles. The molecule has 1 aromatic carbocycles. The molecule has 1 saturated carbocycles. The molecule has 0 amide bonds. The number of hydrogen-bond donors (Lipinski definition) is 0. The predicted molar refractivity (Wildman–Crippen MR) is 65.5 cm³/mol. The molecule has 1 fully saturated rings. The molecule has 1 aliphatic rings. The van der Waals surface area contributed by atoms with Crippen molar-refractivity contribution in [3.8, 4) is 11.5 Å². The summed E-state index contributed by atoms with van der Waals surface area (Å²) in [6.07, 6.45) is 0.439. The summed E-state index contributed by atoms with van der Waals surface area (Å²) in [6, 6.07) is 5.61. The molecule has 0 bridgehead atoms. The quantitative estimate of drug-likeness (QED) is 0.815. The average molecular weight is 256 g/mol. The average Bonchev–Trinajstić information content (AvgIpc) is 2.67. The van der Waals surface area contributed by atoms with Crippen molar-refractivity contribution >= 4 is 0 Å². The molecule has 0 spiro atoms. The van der Waals surface area contributed by atoms with Crippen LogP contribution in [0.5, 0.6) is 11.5 Å². The van der Waals surface area contributed by atoms with Crippen LogP contribution < -0.4 is 9.47 Å². The first-order valence-electron chi connectivity index (χ1n) is 6.15. The van der Waals surface area contributed by atoms with Crippen LogP contribution in [-0.4, -0.2) is 19.6 Å². The van der Waals surface area contributed by atoms with E-state index in [9.17, 15) is 8.78 Å². The lowest BCUT2D eigenvalue weighted by molar-refractivity contribution is 0.00288. The minimum absolute atomic E-state index is 0.0218. The number of rotatable bonds is 4. The Morgan fingerprint density at radius 1 is 1.33 bits per heavy atom. The van der Waals surface area contributed by atoms with E-state index in [0.717, 1.165) is 5.56 Å². The van der Waals surface area contributed by atoms with Gasteiger partial charge >= 0.3 is 0 Å². The fourth-order valence-corrected chi connectivity index (χ4v) is 2.29. The summed E-state index contributed by atoms with van der Waals surface area (Å²) in [5.74, 6) is -1.30. The Morgan fingerprint density at radius 2 is 2.11 bits per heavy atom. The van der Waals surface area contributed by atoms with Crippen LogP contribution in [0.1, 0.15) is 24.8 Å². The molecule has 0 N–H and O–H groups in total. The first-order valence-corrected chi connectivity index (χ1v) is 6.15. The third-order valence-electron chi connectivity index (χ3n) is 3.30. The van der Waals surface area contributed by atoms with Crippen LogP contribution in [0.25, 0.3) is 0 Å². The molecule has 18 heavy (non-hydrogen) atoms. The van der Waals surface area contributed by atoms with E-state index in [-0.39, 0.29) is 18.8 Å². The molecular formula is C14H18F2O2. The maximum absolute atomic E-state index is 13.0. The van der Waals surface area contributed by atoms with Gasteiger partial charge in [-0.1, -0.05) is 6.07 Å². The number of benzene rings is 1. The summed E-state index contributed by atoms with van der Waals surface area (Å²) in [7, 11) is 1.57. The topological polar surface area (TPSA) is 18.5 Å². The van der Waals surface area contributed by atoms with E-state index in [4.69, 9.17) is 9.47 Å². The van der Waals surface area contributed by atoms with E-state index in [1.54, 1.807) is 7.11 Å². The lowest BCUT2D eigenvalue weighted by atomic mass is 10.1. The second-order valence-corrected chi connectivity index (χ2v) is 4.93. The highest BCUT2D eigenvalue weighted by atomic mass is 19.3. The monoisotopic (exact) mass is 256 g/mol. The standard InChI is InChI=1S/C14H18F2O2/c1-10-3-4-12(13(7-10)17-2)18-9-11-5-6-14(15,16)8-11/h3-4,7,11H,5-6,8-9H2,1-2H3. The van der Waals surface area contributed by atoms with Crippen molar-refractivity contribution in [2.45, 2.75) is 32.1 Å². The Hall–Kier alpha value is -1.32. The Morgan fingerprint density at radius 3 is 2.72 bits per heavy atom. The fraction of sp³-hybridized carbons (Fsp3) is 0.571. The first kappa shape index (κ1) is 13.1. The minimum atomic E-state index is -2.51. The lowest BCUT2D eigenvalue weighted by Gasteiger charge is -2.14. The summed E-state index contributed by atoms with van der Waals surface area (Å²) >= 11 is 0. The number of alkyl halides is 2. The summed E-state index contributed by atoms with van der Waals surface area (Å²) in [5.41, 5.74) is 1.08. The molecule has 0 aliphatic heterocycles. The van der Waals surface area contributed by atoms with Gasteiger partial charge in [-0.25, -0.2) is 8.78 Å². The molecule has 0 saturated heterocycles. The second-order valence-electron chi connectivity index (χ2n) is 4.93. The third kappa shape index (κ3) is 3.12. The maximum atomic E-state index is 13.0. The zero-order valence-corrected chi connectivity index (χ0v) is 10.7. The first-order chi connectivity index (χ1) is 8.50. The Balaban J connectivity index is 1.94. The smallest absolute Gasteiger partial charge is 0.248 e. The van der Waals surface area contributed by atoms with E-state index >= 15 is 0 Å². The number of aryl methyl sites for hydroxylation is 1. The number of hydrogen-bond acceptors (Lipinski definition) is 2. The summed E-state index contributed by atoms with van der Waals surface area (Å²) < 4.78 is 36.9. The van der Waals surface area contributed by atoms with Crippen molar-refractivity contribution in [1.29, 1.82) is 0 Å². The SMILES string of the molecule is COc1cc(C)ccc1OCC1CCC(F)(F)C1. The van der Waals surface area contributed by atoms with E-state index in [0.29, 0.717) is 24.5 Å². The van der Waals surface area contributed by atoms with Gasteiger partial charge in [0.05, 0.1) is 13.7 Å². The van der Waals surface area contributed by atoms with Gasteiger partial charge in [-0.3, -0.25) is 0 Å². The van der Waals surface area contributed by atoms with Crippen LogP contribution in [0.3, 0.4) is 0 Å². The van der Waals surface area contributed by atoms with Gasteiger partial charge in [0.1, 0.15) is 0 Å². The van der Waals surface area contributed by atoms with Crippen LogP contribution in [-0.2, 0) is 0 Å². The maximum Gasteiger partial charge on any atom is 0.248 e. The van der Waals surface area contributed by atoms with Gasteiger partial charge < -0.3 is 9.47 Å². The summed E-state index contributed by atoms with van der Waals surface area (Å²) in [6.45, 7) is 2.29. The van der Waals surface area contributed by atoms with Crippen molar-refractivity contribution in [1.82, 2.24) is 0 Å². The normalized spacial score (nSPS) is 21.9. The fourth-order valence-electron chi connectivity index (χ4n) is 2.29. The van der Waals surface area contributed by atoms with Gasteiger partial charge in [0.2, 0.25) is 5.92 Å². The highest BCUT2D eigenvalue weighted by Crippen LogP contribution is 2.39. The molecule has 1 unspecified atom stereocenters. The van der Waals surface area contributed by atoms with E-state index in [1.165, 1.54) is 0 Å². The molecule has 0 aromatic heterocycles. The summed E-state index contributed by atoms with van der Waals surface area (Å²) in [5, 5.41) is 0. The summed E-state index contributed by atoms with van der Waals surface area (Å²) in [4.78, 5) is 0. The molecule has 2 rings (SSSR count). The van der Waals surface area contributed by atoms with Gasteiger partial charge in [0, 0.05) is 12.8 Å². The third-order valence-corrected chi connectivity index (χ3v) is 3.30. The zero-order chi connectivity index (χ0) is 13.2. The van der Waals surface area contributed by atoms with Gasteiger partial charge in [0.25, 0.3) is 0 Å². The second kappa shape index (κ2) is 5.12. The van der Waals surface area contributed by atoms with E-state index < -0.39 is 5.92 Å². The highest BCUT2D eigenvalue weighted by Gasteiger charge is 2.39. The van der Waals surface area contributed by atoms with Crippen molar-refractivity contribution < 1.29 is 18.3 Å². The molecule has 4 heteroatoms.